The summed E-state index contributed by atoms with van der Waals surface area (Å²) in [5, 5.41) is 19.7. The largest absolute Gasteiger partial charge is 0.496 e. The highest BCUT2D eigenvalue weighted by Crippen LogP contribution is 2.31. The van der Waals surface area contributed by atoms with Crippen LogP contribution in [-0.4, -0.2) is 34.5 Å². The lowest BCUT2D eigenvalue weighted by Crippen LogP contribution is -2.25. The third kappa shape index (κ3) is 4.18. The first kappa shape index (κ1) is 22.5. The van der Waals surface area contributed by atoms with Gasteiger partial charge in [0, 0.05) is 24.1 Å². The third-order valence-corrected chi connectivity index (χ3v) is 5.63. The van der Waals surface area contributed by atoms with Gasteiger partial charge in [-0.15, -0.1) is 0 Å². The number of carbonyl (C=O) groups is 1. The van der Waals surface area contributed by atoms with Crippen molar-refractivity contribution >= 4 is 16.9 Å². The monoisotopic (exact) mass is 427 g/mol. The summed E-state index contributed by atoms with van der Waals surface area (Å²) < 4.78 is 21.7. The smallest absolute Gasteiger partial charge is 0.341 e. The highest BCUT2D eigenvalue weighted by atomic mass is 19.1. The minimum Gasteiger partial charge on any atom is -0.496 e. The summed E-state index contributed by atoms with van der Waals surface area (Å²) in [6.45, 7) is 5.25. The van der Waals surface area contributed by atoms with Gasteiger partial charge in [-0.3, -0.25) is 4.79 Å². The fourth-order valence-electron chi connectivity index (χ4n) is 3.85. The maximum absolute atomic E-state index is 14.6. The van der Waals surface area contributed by atoms with Crippen LogP contribution in [0.25, 0.3) is 10.9 Å². The predicted octanol–water partition coefficient (Wildman–Crippen LogP) is 3.94. The quantitative estimate of drug-likeness (QED) is 0.596. The van der Waals surface area contributed by atoms with Crippen LogP contribution in [0.4, 0.5) is 4.39 Å². The predicted molar refractivity (Wildman–Crippen MR) is 117 cm³/mol. The Bertz CT molecular complexity index is 1200. The fourth-order valence-corrected chi connectivity index (χ4v) is 3.85. The maximum atomic E-state index is 14.6. The lowest BCUT2D eigenvalue weighted by molar-refractivity contribution is 0.0694. The summed E-state index contributed by atoms with van der Waals surface area (Å²) >= 11 is 0. The third-order valence-electron chi connectivity index (χ3n) is 5.63. The highest BCUT2D eigenvalue weighted by Gasteiger charge is 2.23. The van der Waals surface area contributed by atoms with E-state index in [4.69, 9.17) is 4.74 Å². The van der Waals surface area contributed by atoms with Crippen LogP contribution < -0.4 is 10.2 Å². The average Bonchev–Trinajstić information content (AvgIpc) is 2.72. The Morgan fingerprint density at radius 3 is 2.52 bits per heavy atom. The maximum Gasteiger partial charge on any atom is 0.341 e. The second-order valence-electron chi connectivity index (χ2n) is 7.98. The van der Waals surface area contributed by atoms with E-state index in [0.717, 1.165) is 0 Å². The van der Waals surface area contributed by atoms with Crippen molar-refractivity contribution in [3.63, 3.8) is 0 Å². The number of fused-ring (bicyclic) bond motifs is 1. The molecular formula is C24H26FNO5. The van der Waals surface area contributed by atoms with Gasteiger partial charge in [0.05, 0.1) is 25.3 Å². The number of rotatable bonds is 7. The molecule has 0 saturated carbocycles. The van der Waals surface area contributed by atoms with Gasteiger partial charge in [-0.1, -0.05) is 32.0 Å². The van der Waals surface area contributed by atoms with Crippen LogP contribution in [-0.2, 0) is 6.42 Å². The van der Waals surface area contributed by atoms with Gasteiger partial charge in [-0.05, 0) is 35.6 Å². The van der Waals surface area contributed by atoms with Crippen molar-refractivity contribution in [3.8, 4) is 5.75 Å². The molecule has 0 radical (unpaired) electrons. The summed E-state index contributed by atoms with van der Waals surface area (Å²) in [5.74, 6) is -1.25. The standard InChI is InChI=1S/C24H26FNO5/c1-13(2)20(12-27)26-11-18(24(29)30)23(28)17-9-16(21(31-4)10-19(17)26)8-15-7-5-6-14(3)22(15)25/h5-7,9-11,13,20,27H,8,12H2,1-4H3,(H,29,30). The Hall–Kier alpha value is -3.19. The zero-order chi connectivity index (χ0) is 22.9. The number of hydrogen-bond donors (Lipinski definition) is 2. The first-order valence-electron chi connectivity index (χ1n) is 10.0. The summed E-state index contributed by atoms with van der Waals surface area (Å²) in [5.41, 5.74) is 0.958. The topological polar surface area (TPSA) is 88.8 Å². The molecule has 31 heavy (non-hydrogen) atoms. The number of pyridine rings is 1. The molecule has 1 unspecified atom stereocenters. The van der Waals surface area contributed by atoms with E-state index in [1.54, 1.807) is 41.8 Å². The van der Waals surface area contributed by atoms with Crippen molar-refractivity contribution in [1.82, 2.24) is 4.57 Å². The fraction of sp³-hybridized carbons (Fsp3) is 0.333. The van der Waals surface area contributed by atoms with Gasteiger partial charge >= 0.3 is 5.97 Å². The summed E-state index contributed by atoms with van der Waals surface area (Å²) in [6.07, 6.45) is 1.45. The van der Waals surface area contributed by atoms with E-state index in [2.05, 4.69) is 0 Å². The second kappa shape index (κ2) is 8.89. The molecule has 0 amide bonds. The number of aliphatic hydroxyl groups is 1. The van der Waals surface area contributed by atoms with Crippen LogP contribution >= 0.6 is 0 Å². The summed E-state index contributed by atoms with van der Waals surface area (Å²) in [4.78, 5) is 24.7. The number of benzene rings is 2. The minimum atomic E-state index is -1.34. The normalized spacial score (nSPS) is 12.4. The number of aromatic nitrogens is 1. The van der Waals surface area contributed by atoms with E-state index in [0.29, 0.717) is 28.0 Å². The van der Waals surface area contributed by atoms with Crippen LogP contribution in [0.3, 0.4) is 0 Å². The Labute approximate surface area is 179 Å². The molecule has 0 fully saturated rings. The number of nitrogens with zero attached hydrogens (tertiary/aromatic N) is 1. The molecule has 164 valence electrons. The lowest BCUT2D eigenvalue weighted by Gasteiger charge is -2.25. The highest BCUT2D eigenvalue weighted by molar-refractivity contribution is 5.93. The van der Waals surface area contributed by atoms with Crippen LogP contribution in [0.1, 0.15) is 46.9 Å². The molecule has 0 aliphatic rings. The lowest BCUT2D eigenvalue weighted by atomic mass is 9.98. The zero-order valence-electron chi connectivity index (χ0n) is 18.0. The van der Waals surface area contributed by atoms with Gasteiger partial charge in [0.2, 0.25) is 5.43 Å². The van der Waals surface area contributed by atoms with Crippen LogP contribution in [0.5, 0.6) is 5.75 Å². The molecule has 0 bridgehead atoms. The van der Waals surface area contributed by atoms with Crippen LogP contribution in [0, 0.1) is 18.7 Å². The average molecular weight is 427 g/mol. The van der Waals surface area contributed by atoms with Crippen molar-refractivity contribution in [2.45, 2.75) is 33.2 Å². The molecule has 0 spiro atoms. The Morgan fingerprint density at radius 1 is 1.23 bits per heavy atom. The van der Waals surface area contributed by atoms with E-state index in [1.807, 2.05) is 13.8 Å². The Balaban J connectivity index is 2.32. The van der Waals surface area contributed by atoms with Crippen molar-refractivity contribution in [1.29, 1.82) is 0 Å². The number of carboxylic acid groups (broad SMARTS) is 1. The zero-order valence-corrected chi connectivity index (χ0v) is 18.0. The van der Waals surface area contributed by atoms with Gasteiger partial charge in [0.15, 0.2) is 0 Å². The van der Waals surface area contributed by atoms with E-state index in [-0.39, 0.29) is 35.7 Å². The number of hydrogen-bond acceptors (Lipinski definition) is 4. The van der Waals surface area contributed by atoms with Gasteiger partial charge in [0.1, 0.15) is 17.1 Å². The molecule has 3 aromatic rings. The number of methoxy groups -OCH3 is 1. The molecule has 1 heterocycles. The van der Waals surface area contributed by atoms with Gasteiger partial charge in [0.25, 0.3) is 0 Å². The van der Waals surface area contributed by atoms with E-state index in [9.17, 15) is 24.2 Å². The molecule has 1 atom stereocenters. The minimum absolute atomic E-state index is 0.0237. The van der Waals surface area contributed by atoms with E-state index >= 15 is 0 Å². The first-order chi connectivity index (χ1) is 14.7. The molecule has 3 rings (SSSR count). The Kier molecular flexibility index (Phi) is 6.45. The number of halogens is 1. The molecule has 6 nitrogen and oxygen atoms in total. The number of carboxylic acids is 1. The molecular weight excluding hydrogens is 401 g/mol. The van der Waals surface area contributed by atoms with Crippen LogP contribution in [0.15, 0.2) is 41.3 Å². The molecule has 0 saturated heterocycles. The molecule has 0 aliphatic heterocycles. The van der Waals surface area contributed by atoms with E-state index in [1.165, 1.54) is 13.3 Å². The van der Waals surface area contributed by atoms with Crippen molar-refractivity contribution in [2.75, 3.05) is 13.7 Å². The number of aliphatic hydroxyl groups excluding tert-OH is 1. The van der Waals surface area contributed by atoms with Gasteiger partial charge < -0.3 is 19.5 Å². The van der Waals surface area contributed by atoms with Crippen LogP contribution in [0.2, 0.25) is 0 Å². The van der Waals surface area contributed by atoms with Crippen molar-refractivity contribution in [3.05, 3.63) is 74.8 Å². The summed E-state index contributed by atoms with van der Waals surface area (Å²) in [7, 11) is 1.48. The number of ether oxygens (including phenoxy) is 1. The SMILES string of the molecule is COc1cc2c(cc1Cc1cccc(C)c1F)c(=O)c(C(=O)O)cn2C(CO)C(C)C. The van der Waals surface area contributed by atoms with Gasteiger partial charge in [-0.25, -0.2) is 9.18 Å². The molecule has 2 N–H and O–H groups in total. The number of aromatic carboxylic acids is 1. The molecule has 2 aromatic carbocycles. The van der Waals surface area contributed by atoms with Gasteiger partial charge in [-0.2, -0.15) is 0 Å². The Morgan fingerprint density at radius 2 is 1.94 bits per heavy atom. The second-order valence-corrected chi connectivity index (χ2v) is 7.98. The molecule has 1 aromatic heterocycles. The number of aryl methyl sites for hydroxylation is 1. The molecule has 7 heteroatoms. The first-order valence-corrected chi connectivity index (χ1v) is 10.0. The van der Waals surface area contributed by atoms with Crippen molar-refractivity contribution < 1.29 is 24.1 Å². The summed E-state index contributed by atoms with van der Waals surface area (Å²) in [6, 6.07) is 7.87. The molecule has 0 aliphatic carbocycles. The van der Waals surface area contributed by atoms with E-state index < -0.39 is 17.4 Å². The van der Waals surface area contributed by atoms with Crippen molar-refractivity contribution in [2.24, 2.45) is 5.92 Å².